The monoisotopic (exact) mass is 273 g/mol. The van der Waals surface area contributed by atoms with Crippen molar-refractivity contribution in [2.75, 3.05) is 0 Å². The zero-order valence-electron chi connectivity index (χ0n) is 11.0. The highest BCUT2D eigenvalue weighted by molar-refractivity contribution is 5.27. The molecule has 5 heteroatoms. The number of aliphatic hydroxyl groups is 1. The summed E-state index contributed by atoms with van der Waals surface area (Å²) in [4.78, 5) is 0. The van der Waals surface area contributed by atoms with Crippen molar-refractivity contribution in [1.82, 2.24) is 5.32 Å². The van der Waals surface area contributed by atoms with Crippen LogP contribution in [0.3, 0.4) is 0 Å². The topological polar surface area (TPSA) is 32.3 Å². The molecule has 1 unspecified atom stereocenters. The summed E-state index contributed by atoms with van der Waals surface area (Å²) in [6.07, 6.45) is -3.71. The molecule has 0 aromatic heterocycles. The molecule has 0 aliphatic rings. The molecule has 2 N–H and O–H groups in total. The number of benzene rings is 1. The summed E-state index contributed by atoms with van der Waals surface area (Å²) in [5, 5.41) is 12.9. The second kappa shape index (κ2) is 5.65. The van der Waals surface area contributed by atoms with E-state index < -0.39 is 24.2 Å². The van der Waals surface area contributed by atoms with E-state index in [9.17, 15) is 18.3 Å². The molecule has 0 saturated carbocycles. The average molecular weight is 273 g/mol. The van der Waals surface area contributed by atoms with Crippen molar-refractivity contribution < 1.29 is 18.3 Å². The fourth-order valence-corrected chi connectivity index (χ4v) is 1.89. The molecule has 19 heavy (non-hydrogen) atoms. The van der Waals surface area contributed by atoms with Crippen LogP contribution in [0.25, 0.3) is 0 Å². The van der Waals surface area contributed by atoms with E-state index in [1.165, 1.54) is 18.3 Å². The van der Waals surface area contributed by atoms with E-state index in [1.54, 1.807) is 26.0 Å². The van der Waals surface area contributed by atoms with Gasteiger partial charge in [0.05, 0.1) is 18.1 Å². The van der Waals surface area contributed by atoms with E-state index in [2.05, 4.69) is 11.9 Å². The van der Waals surface area contributed by atoms with Crippen LogP contribution in [-0.4, -0.2) is 16.9 Å². The van der Waals surface area contributed by atoms with E-state index >= 15 is 0 Å². The second-order valence-corrected chi connectivity index (χ2v) is 4.99. The minimum absolute atomic E-state index is 0.198. The number of alkyl halides is 3. The Balaban J connectivity index is 2.93. The Bertz CT molecular complexity index is 418. The molecule has 2 nitrogen and oxygen atoms in total. The van der Waals surface area contributed by atoms with Crippen LogP contribution < -0.4 is 5.32 Å². The lowest BCUT2D eigenvalue weighted by Gasteiger charge is -2.30. The average Bonchev–Trinajstić information content (AvgIpc) is 2.23. The first-order valence-electron chi connectivity index (χ1n) is 5.88. The van der Waals surface area contributed by atoms with Gasteiger partial charge >= 0.3 is 6.18 Å². The Labute approximate surface area is 111 Å². The lowest BCUT2D eigenvalue weighted by molar-refractivity contribution is -0.127. The number of nitrogens with one attached hydrogen (secondary N) is 1. The largest absolute Gasteiger partial charge is 0.393 e. The minimum atomic E-state index is -4.21. The zero-order valence-corrected chi connectivity index (χ0v) is 11.0. The van der Waals surface area contributed by atoms with Gasteiger partial charge in [-0.3, -0.25) is 0 Å². The molecule has 0 spiro atoms. The molecule has 0 aliphatic carbocycles. The van der Waals surface area contributed by atoms with Crippen LogP contribution in [0.2, 0.25) is 0 Å². The minimum Gasteiger partial charge on any atom is -0.388 e. The van der Waals surface area contributed by atoms with Crippen LogP contribution in [0.15, 0.2) is 37.0 Å². The number of halogens is 3. The third-order valence-electron chi connectivity index (χ3n) is 2.71. The van der Waals surface area contributed by atoms with Gasteiger partial charge in [0.2, 0.25) is 0 Å². The van der Waals surface area contributed by atoms with Crippen LogP contribution in [0.5, 0.6) is 0 Å². The van der Waals surface area contributed by atoms with Crippen LogP contribution in [0.4, 0.5) is 13.2 Å². The molecule has 1 rings (SSSR count). The summed E-state index contributed by atoms with van der Waals surface area (Å²) in [6.45, 7) is 6.78. The third-order valence-corrected chi connectivity index (χ3v) is 2.71. The molecule has 0 aliphatic heterocycles. The second-order valence-electron chi connectivity index (χ2n) is 4.99. The van der Waals surface area contributed by atoms with Gasteiger partial charge in [-0.2, -0.15) is 13.2 Å². The van der Waals surface area contributed by atoms with Crippen molar-refractivity contribution >= 4 is 0 Å². The van der Waals surface area contributed by atoms with Gasteiger partial charge in [0, 0.05) is 0 Å². The Hall–Kier alpha value is -1.49. The molecular formula is C14H18F3NO. The quantitative estimate of drug-likeness (QED) is 0.862. The normalized spacial score (nSPS) is 14.0. The Morgan fingerprint density at radius 2 is 1.79 bits per heavy atom. The molecule has 0 saturated heterocycles. The molecule has 0 amide bonds. The molecule has 1 aromatic carbocycles. The SMILES string of the molecule is C=CNC(c1ccc(CC(F)(F)F)cc1)C(C)(C)O. The maximum Gasteiger partial charge on any atom is 0.393 e. The molecule has 1 aromatic rings. The van der Waals surface area contributed by atoms with Gasteiger partial charge < -0.3 is 10.4 Å². The smallest absolute Gasteiger partial charge is 0.388 e. The van der Waals surface area contributed by atoms with Crippen LogP contribution in [0, 0.1) is 0 Å². The van der Waals surface area contributed by atoms with E-state index in [-0.39, 0.29) is 5.56 Å². The van der Waals surface area contributed by atoms with Gasteiger partial charge in [-0.15, -0.1) is 0 Å². The first-order chi connectivity index (χ1) is 8.63. The van der Waals surface area contributed by atoms with Gasteiger partial charge in [0.1, 0.15) is 0 Å². The van der Waals surface area contributed by atoms with Gasteiger partial charge in [0.25, 0.3) is 0 Å². The number of rotatable bonds is 5. The summed E-state index contributed by atoms with van der Waals surface area (Å²) in [7, 11) is 0. The Kier molecular flexibility index (Phi) is 4.63. The van der Waals surface area contributed by atoms with Crippen LogP contribution in [0.1, 0.15) is 31.0 Å². The third kappa shape index (κ3) is 4.95. The first kappa shape index (κ1) is 15.6. The highest BCUT2D eigenvalue weighted by Crippen LogP contribution is 2.27. The predicted molar refractivity (Wildman–Crippen MR) is 68.6 cm³/mol. The molecule has 0 bridgehead atoms. The summed E-state index contributed by atoms with van der Waals surface area (Å²) in [6, 6.07) is 5.59. The fraction of sp³-hybridized carbons (Fsp3) is 0.429. The van der Waals surface area contributed by atoms with Crippen molar-refractivity contribution in [3.8, 4) is 0 Å². The fourth-order valence-electron chi connectivity index (χ4n) is 1.89. The number of hydrogen-bond acceptors (Lipinski definition) is 2. The van der Waals surface area contributed by atoms with Crippen molar-refractivity contribution in [3.05, 3.63) is 48.2 Å². The van der Waals surface area contributed by atoms with Gasteiger partial charge in [0.15, 0.2) is 0 Å². The molecule has 0 radical (unpaired) electrons. The summed E-state index contributed by atoms with van der Waals surface area (Å²) < 4.78 is 36.7. The van der Waals surface area contributed by atoms with Crippen molar-refractivity contribution in [3.63, 3.8) is 0 Å². The highest BCUT2D eigenvalue weighted by atomic mass is 19.4. The van der Waals surface area contributed by atoms with Crippen LogP contribution >= 0.6 is 0 Å². The highest BCUT2D eigenvalue weighted by Gasteiger charge is 2.29. The summed E-state index contributed by atoms with van der Waals surface area (Å²) in [5.41, 5.74) is -0.151. The molecular weight excluding hydrogens is 255 g/mol. The predicted octanol–water partition coefficient (Wildman–Crippen LogP) is 3.34. The molecule has 1 atom stereocenters. The van der Waals surface area contributed by atoms with Gasteiger partial charge in [-0.05, 0) is 31.2 Å². The van der Waals surface area contributed by atoms with Gasteiger partial charge in [-0.25, -0.2) is 0 Å². The van der Waals surface area contributed by atoms with E-state index in [0.29, 0.717) is 5.56 Å². The van der Waals surface area contributed by atoms with Gasteiger partial charge in [-0.1, -0.05) is 30.8 Å². The Morgan fingerprint density at radius 1 is 1.26 bits per heavy atom. The first-order valence-corrected chi connectivity index (χ1v) is 5.88. The summed E-state index contributed by atoms with van der Waals surface area (Å²) in [5.74, 6) is 0. The van der Waals surface area contributed by atoms with Crippen molar-refractivity contribution in [2.24, 2.45) is 0 Å². The maximum absolute atomic E-state index is 12.2. The lowest BCUT2D eigenvalue weighted by Crippen LogP contribution is -2.36. The molecule has 0 heterocycles. The van der Waals surface area contributed by atoms with E-state index in [0.717, 1.165) is 0 Å². The van der Waals surface area contributed by atoms with Crippen LogP contribution in [-0.2, 0) is 6.42 Å². The molecule has 0 fully saturated rings. The number of hydrogen-bond donors (Lipinski definition) is 2. The maximum atomic E-state index is 12.2. The van der Waals surface area contributed by atoms with Crippen molar-refractivity contribution in [2.45, 2.75) is 38.1 Å². The standard InChI is InChI=1S/C14H18F3NO/c1-4-18-12(13(2,3)19)11-7-5-10(6-8-11)9-14(15,16)17/h4-8,12,18-19H,1,9H2,2-3H3. The van der Waals surface area contributed by atoms with Crippen molar-refractivity contribution in [1.29, 1.82) is 0 Å². The zero-order chi connectivity index (χ0) is 14.7. The van der Waals surface area contributed by atoms with E-state index in [4.69, 9.17) is 0 Å². The van der Waals surface area contributed by atoms with E-state index in [1.807, 2.05) is 0 Å². The lowest BCUT2D eigenvalue weighted by atomic mass is 9.91. The summed E-state index contributed by atoms with van der Waals surface area (Å²) >= 11 is 0. The molecule has 106 valence electrons. The Morgan fingerprint density at radius 3 is 2.16 bits per heavy atom.